The fourth-order valence-corrected chi connectivity index (χ4v) is 2.19. The normalized spacial score (nSPS) is 17.5. The maximum absolute atomic E-state index is 3.43. The van der Waals surface area contributed by atoms with Crippen LogP contribution in [0, 0.1) is 11.3 Å². The topological polar surface area (TPSA) is 12.0 Å². The van der Waals surface area contributed by atoms with E-state index in [0.29, 0.717) is 11.5 Å². The number of hydrogen-bond acceptors (Lipinski definition) is 1. The second kappa shape index (κ2) is 4.86. The fraction of sp³-hybridized carbons (Fsp3) is 1.00. The first-order valence-corrected chi connectivity index (χ1v) is 5.10. The molecule has 2 unspecified atom stereocenters. The maximum atomic E-state index is 3.43. The van der Waals surface area contributed by atoms with Crippen LogP contribution in [-0.2, 0) is 0 Å². The van der Waals surface area contributed by atoms with E-state index in [1.807, 2.05) is 0 Å². The number of nitrogens with one attached hydrogen (secondary N) is 1. The molecule has 1 heteroatoms. The summed E-state index contributed by atoms with van der Waals surface area (Å²) < 4.78 is 0. The molecular weight excluding hydrogens is 146 g/mol. The fourth-order valence-electron chi connectivity index (χ4n) is 2.19. The van der Waals surface area contributed by atoms with Gasteiger partial charge in [0.15, 0.2) is 0 Å². The van der Waals surface area contributed by atoms with E-state index in [1.54, 1.807) is 0 Å². The van der Waals surface area contributed by atoms with Gasteiger partial charge in [-0.2, -0.15) is 0 Å². The lowest BCUT2D eigenvalue weighted by atomic mass is 9.78. The summed E-state index contributed by atoms with van der Waals surface area (Å²) in [5, 5.41) is 3.43. The van der Waals surface area contributed by atoms with Gasteiger partial charge in [-0.05, 0) is 24.8 Å². The minimum atomic E-state index is 0.378. The van der Waals surface area contributed by atoms with Crippen LogP contribution >= 0.6 is 0 Å². The molecule has 0 saturated carbocycles. The predicted molar refractivity (Wildman–Crippen MR) is 56.4 cm³/mol. The molecule has 0 aliphatic carbocycles. The van der Waals surface area contributed by atoms with E-state index >= 15 is 0 Å². The zero-order valence-electron chi connectivity index (χ0n) is 9.57. The molecule has 0 bridgehead atoms. The average Bonchev–Trinajstić information content (AvgIpc) is 1.85. The Morgan fingerprint density at radius 1 is 1.25 bits per heavy atom. The first-order valence-electron chi connectivity index (χ1n) is 5.10. The molecule has 0 aromatic heterocycles. The quantitative estimate of drug-likeness (QED) is 0.685. The second-order valence-electron chi connectivity index (χ2n) is 4.90. The highest BCUT2D eigenvalue weighted by atomic mass is 14.9. The first-order chi connectivity index (χ1) is 5.43. The van der Waals surface area contributed by atoms with Crippen LogP contribution in [-0.4, -0.2) is 13.1 Å². The summed E-state index contributed by atoms with van der Waals surface area (Å²) in [5.41, 5.74) is 0.378. The van der Waals surface area contributed by atoms with Crippen LogP contribution in [0.1, 0.15) is 47.5 Å². The average molecular weight is 171 g/mol. The van der Waals surface area contributed by atoms with Crippen LogP contribution < -0.4 is 5.32 Å². The van der Waals surface area contributed by atoms with E-state index in [0.717, 1.165) is 5.92 Å². The molecule has 0 amide bonds. The lowest BCUT2D eigenvalue weighted by Crippen LogP contribution is -2.43. The molecule has 12 heavy (non-hydrogen) atoms. The molecule has 0 heterocycles. The van der Waals surface area contributed by atoms with E-state index < -0.39 is 0 Å². The third-order valence-corrected chi connectivity index (χ3v) is 2.56. The summed E-state index contributed by atoms with van der Waals surface area (Å²) in [4.78, 5) is 0. The van der Waals surface area contributed by atoms with Gasteiger partial charge in [0.05, 0.1) is 0 Å². The van der Waals surface area contributed by atoms with Gasteiger partial charge in [-0.25, -0.2) is 0 Å². The van der Waals surface area contributed by atoms with Crippen molar-refractivity contribution in [3.05, 3.63) is 0 Å². The van der Waals surface area contributed by atoms with Gasteiger partial charge in [0.25, 0.3) is 0 Å². The van der Waals surface area contributed by atoms with E-state index in [1.165, 1.54) is 12.8 Å². The van der Waals surface area contributed by atoms with Gasteiger partial charge in [-0.15, -0.1) is 0 Å². The zero-order chi connectivity index (χ0) is 9.78. The van der Waals surface area contributed by atoms with Gasteiger partial charge in [0, 0.05) is 6.04 Å². The van der Waals surface area contributed by atoms with Gasteiger partial charge in [0.2, 0.25) is 0 Å². The Hall–Kier alpha value is -0.0400. The van der Waals surface area contributed by atoms with Crippen LogP contribution in [0.5, 0.6) is 0 Å². The molecule has 0 rings (SSSR count). The summed E-state index contributed by atoms with van der Waals surface area (Å²) >= 11 is 0. The maximum Gasteiger partial charge on any atom is 0.0138 e. The van der Waals surface area contributed by atoms with E-state index in [2.05, 4.69) is 47.0 Å². The molecule has 2 atom stereocenters. The molecule has 0 aromatic rings. The third-order valence-electron chi connectivity index (χ3n) is 2.56. The highest BCUT2D eigenvalue weighted by molar-refractivity contribution is 4.83. The molecule has 0 aliphatic heterocycles. The highest BCUT2D eigenvalue weighted by Crippen LogP contribution is 2.27. The Morgan fingerprint density at radius 2 is 1.75 bits per heavy atom. The van der Waals surface area contributed by atoms with Crippen molar-refractivity contribution in [3.63, 3.8) is 0 Å². The molecule has 0 spiro atoms. The Balaban J connectivity index is 4.14. The predicted octanol–water partition coefficient (Wildman–Crippen LogP) is 3.06. The van der Waals surface area contributed by atoms with Crippen LogP contribution in [0.25, 0.3) is 0 Å². The summed E-state index contributed by atoms with van der Waals surface area (Å²) in [6.07, 6.45) is 2.61. The van der Waals surface area contributed by atoms with Crippen molar-refractivity contribution in [2.24, 2.45) is 11.3 Å². The van der Waals surface area contributed by atoms with Crippen LogP contribution in [0.3, 0.4) is 0 Å². The monoisotopic (exact) mass is 171 g/mol. The van der Waals surface area contributed by atoms with Crippen molar-refractivity contribution >= 4 is 0 Å². The molecule has 1 N–H and O–H groups in total. The molecule has 0 aliphatic rings. The Labute approximate surface area is 77.9 Å². The third kappa shape index (κ3) is 3.57. The number of hydrogen-bond donors (Lipinski definition) is 1. The van der Waals surface area contributed by atoms with Crippen molar-refractivity contribution < 1.29 is 0 Å². The second-order valence-corrected chi connectivity index (χ2v) is 4.90. The van der Waals surface area contributed by atoms with Gasteiger partial charge in [-0.3, -0.25) is 0 Å². The van der Waals surface area contributed by atoms with Gasteiger partial charge in [-0.1, -0.05) is 41.0 Å². The largest absolute Gasteiger partial charge is 0.316 e. The summed E-state index contributed by atoms with van der Waals surface area (Å²) in [6, 6.07) is 0.637. The standard InChI is InChI=1S/C11H25N/c1-7-8-9(2)10(12-6)11(3,4)5/h9-10,12H,7-8H2,1-6H3. The molecule has 0 saturated heterocycles. The summed E-state index contributed by atoms with van der Waals surface area (Å²) in [5.74, 6) is 0.778. The van der Waals surface area contributed by atoms with Crippen LogP contribution in [0.4, 0.5) is 0 Å². The van der Waals surface area contributed by atoms with Gasteiger partial charge >= 0.3 is 0 Å². The van der Waals surface area contributed by atoms with E-state index in [-0.39, 0.29) is 0 Å². The first kappa shape index (κ1) is 12.0. The van der Waals surface area contributed by atoms with Crippen molar-refractivity contribution in [3.8, 4) is 0 Å². The molecule has 0 aromatic carbocycles. The van der Waals surface area contributed by atoms with Crippen LogP contribution in [0.2, 0.25) is 0 Å². The van der Waals surface area contributed by atoms with Gasteiger partial charge < -0.3 is 5.32 Å². The molecule has 0 radical (unpaired) electrons. The lowest BCUT2D eigenvalue weighted by molar-refractivity contribution is 0.204. The lowest BCUT2D eigenvalue weighted by Gasteiger charge is -2.35. The van der Waals surface area contributed by atoms with Crippen molar-refractivity contribution in [1.29, 1.82) is 0 Å². The SMILES string of the molecule is CCCC(C)C(NC)C(C)(C)C. The molecular formula is C11H25N. The van der Waals surface area contributed by atoms with E-state index in [4.69, 9.17) is 0 Å². The molecule has 0 fully saturated rings. The zero-order valence-corrected chi connectivity index (χ0v) is 9.57. The van der Waals surface area contributed by atoms with Crippen LogP contribution in [0.15, 0.2) is 0 Å². The van der Waals surface area contributed by atoms with Gasteiger partial charge in [0.1, 0.15) is 0 Å². The number of rotatable bonds is 4. The Bertz CT molecular complexity index is 113. The van der Waals surface area contributed by atoms with Crippen molar-refractivity contribution in [1.82, 2.24) is 5.32 Å². The van der Waals surface area contributed by atoms with Crippen molar-refractivity contribution in [2.45, 2.75) is 53.5 Å². The Kier molecular flexibility index (Phi) is 4.84. The summed E-state index contributed by atoms with van der Waals surface area (Å²) in [7, 11) is 2.07. The minimum absolute atomic E-state index is 0.378. The Morgan fingerprint density at radius 3 is 2.00 bits per heavy atom. The van der Waals surface area contributed by atoms with E-state index in [9.17, 15) is 0 Å². The summed E-state index contributed by atoms with van der Waals surface area (Å²) in [6.45, 7) is 11.5. The molecule has 74 valence electrons. The van der Waals surface area contributed by atoms with Crippen molar-refractivity contribution in [2.75, 3.05) is 7.05 Å². The highest BCUT2D eigenvalue weighted by Gasteiger charge is 2.27. The smallest absolute Gasteiger partial charge is 0.0138 e. The minimum Gasteiger partial charge on any atom is -0.316 e. The molecule has 1 nitrogen and oxygen atoms in total.